The summed E-state index contributed by atoms with van der Waals surface area (Å²) in [5, 5.41) is 0. The second-order valence-corrected chi connectivity index (χ2v) is 6.90. The van der Waals surface area contributed by atoms with Crippen molar-refractivity contribution in [3.8, 4) is 0 Å². The van der Waals surface area contributed by atoms with Crippen molar-refractivity contribution in [2.45, 2.75) is 58.0 Å². The summed E-state index contributed by atoms with van der Waals surface area (Å²) in [5.74, 6) is 0.383. The summed E-state index contributed by atoms with van der Waals surface area (Å²) in [4.78, 5) is 23.1. The Bertz CT molecular complexity index is 697. The van der Waals surface area contributed by atoms with Gasteiger partial charge in [-0.05, 0) is 50.3 Å². The minimum absolute atomic E-state index is 0.0222. The number of hydrogen-bond acceptors (Lipinski definition) is 3. The number of Topliss-reactive ketones (excluding diaryl/α,β-unsaturated/α-hetero) is 1. The Morgan fingerprint density at radius 3 is 2.56 bits per heavy atom. The lowest BCUT2D eigenvalue weighted by molar-refractivity contribution is -0.203. The molecule has 1 unspecified atom stereocenters. The van der Waals surface area contributed by atoms with E-state index in [1.54, 1.807) is 6.92 Å². The third kappa shape index (κ3) is 3.07. The van der Waals surface area contributed by atoms with Gasteiger partial charge in [0.2, 0.25) is 0 Å². The summed E-state index contributed by atoms with van der Waals surface area (Å²) in [6.45, 7) is 1.71. The van der Waals surface area contributed by atoms with Crippen molar-refractivity contribution in [1.29, 1.82) is 0 Å². The number of fused-ring (bicyclic) bond motifs is 1. The first-order valence-electron chi connectivity index (χ1n) is 8.61. The number of carbonyl (C=O) groups is 2. The summed E-state index contributed by atoms with van der Waals surface area (Å²) >= 11 is 0. The Morgan fingerprint density at radius 2 is 1.92 bits per heavy atom. The summed E-state index contributed by atoms with van der Waals surface area (Å²) in [5.41, 5.74) is -0.957. The number of allylic oxidation sites excluding steroid dienone is 5. The zero-order valence-electron chi connectivity index (χ0n) is 14.2. The molecule has 0 N–H and O–H groups in total. The Kier molecular flexibility index (Phi) is 4.64. The largest absolute Gasteiger partial charge is 0.493 e. The first-order valence-corrected chi connectivity index (χ1v) is 8.61. The fraction of sp³-hybridized carbons (Fsp3) is 0.579. The maximum absolute atomic E-state index is 14.0. The fourth-order valence-electron chi connectivity index (χ4n) is 4.16. The van der Waals surface area contributed by atoms with Crippen LogP contribution < -0.4 is 0 Å². The van der Waals surface area contributed by atoms with Gasteiger partial charge in [0.05, 0.1) is 0 Å². The zero-order chi connectivity index (χ0) is 18.2. The van der Waals surface area contributed by atoms with E-state index in [0.717, 1.165) is 0 Å². The molecular formula is C19H21F3O3. The van der Waals surface area contributed by atoms with Gasteiger partial charge in [0.25, 0.3) is 0 Å². The molecule has 0 spiro atoms. The molecule has 0 aromatic carbocycles. The Morgan fingerprint density at radius 1 is 1.16 bits per heavy atom. The van der Waals surface area contributed by atoms with Crippen LogP contribution in [0.5, 0.6) is 0 Å². The summed E-state index contributed by atoms with van der Waals surface area (Å²) in [6, 6.07) is 0. The van der Waals surface area contributed by atoms with E-state index in [0.29, 0.717) is 49.0 Å². The highest BCUT2D eigenvalue weighted by Crippen LogP contribution is 2.59. The van der Waals surface area contributed by atoms with Crippen LogP contribution in [0.25, 0.3) is 0 Å². The highest BCUT2D eigenvalue weighted by molar-refractivity contribution is 5.97. The average Bonchev–Trinajstić information content (AvgIpc) is 2.85. The number of hydrogen-bond donors (Lipinski definition) is 0. The quantitative estimate of drug-likeness (QED) is 0.697. The third-order valence-corrected chi connectivity index (χ3v) is 5.56. The van der Waals surface area contributed by atoms with Crippen LogP contribution in [0.1, 0.15) is 51.9 Å². The number of alkyl halides is 3. The summed E-state index contributed by atoms with van der Waals surface area (Å²) in [6.07, 6.45) is 0.164. The van der Waals surface area contributed by atoms with Crippen LogP contribution in [0.15, 0.2) is 34.6 Å². The van der Waals surface area contributed by atoms with Crippen LogP contribution in [0.3, 0.4) is 0 Å². The summed E-state index contributed by atoms with van der Waals surface area (Å²) in [7, 11) is 0. The maximum Gasteiger partial charge on any atom is 0.401 e. The highest BCUT2D eigenvalue weighted by atomic mass is 19.4. The molecule has 0 aromatic rings. The van der Waals surface area contributed by atoms with Gasteiger partial charge in [0.15, 0.2) is 11.6 Å². The predicted octanol–water partition coefficient (Wildman–Crippen LogP) is 4.59. The first-order chi connectivity index (χ1) is 11.8. The van der Waals surface area contributed by atoms with Gasteiger partial charge in [-0.1, -0.05) is 5.57 Å². The monoisotopic (exact) mass is 354 g/mol. The van der Waals surface area contributed by atoms with Crippen molar-refractivity contribution in [3.63, 3.8) is 0 Å². The van der Waals surface area contributed by atoms with Gasteiger partial charge in [-0.25, -0.2) is 0 Å². The lowest BCUT2D eigenvalue weighted by Crippen LogP contribution is -2.45. The third-order valence-electron chi connectivity index (χ3n) is 5.56. The SMILES string of the molecule is CC1=C(OC/C=C2\CCCC3=CC(=O)CCC32C(F)(F)F)CCC1=O. The zero-order valence-corrected chi connectivity index (χ0v) is 14.2. The molecule has 0 aliphatic heterocycles. The van der Waals surface area contributed by atoms with E-state index in [4.69, 9.17) is 4.74 Å². The number of halogens is 3. The number of rotatable bonds is 3. The predicted molar refractivity (Wildman–Crippen MR) is 85.6 cm³/mol. The smallest absolute Gasteiger partial charge is 0.401 e. The van der Waals surface area contributed by atoms with Gasteiger partial charge in [0.1, 0.15) is 17.8 Å². The van der Waals surface area contributed by atoms with Gasteiger partial charge in [0, 0.05) is 24.8 Å². The molecule has 1 saturated carbocycles. The number of carbonyl (C=O) groups excluding carboxylic acids is 2. The van der Waals surface area contributed by atoms with Gasteiger partial charge < -0.3 is 4.74 Å². The molecule has 3 nitrogen and oxygen atoms in total. The van der Waals surface area contributed by atoms with E-state index < -0.39 is 11.6 Å². The van der Waals surface area contributed by atoms with Crippen LogP contribution in [-0.2, 0) is 14.3 Å². The Labute approximate surface area is 144 Å². The van der Waals surface area contributed by atoms with Crippen molar-refractivity contribution in [2.75, 3.05) is 6.61 Å². The van der Waals surface area contributed by atoms with Crippen LogP contribution in [0.2, 0.25) is 0 Å². The molecule has 25 heavy (non-hydrogen) atoms. The number of ether oxygens (including phenoxy) is 1. The summed E-state index contributed by atoms with van der Waals surface area (Å²) < 4.78 is 47.6. The molecule has 1 fully saturated rings. The molecule has 136 valence electrons. The van der Waals surface area contributed by atoms with Crippen LogP contribution in [0.4, 0.5) is 13.2 Å². The van der Waals surface area contributed by atoms with Crippen LogP contribution >= 0.6 is 0 Å². The molecule has 6 heteroatoms. The Balaban J connectivity index is 1.87. The van der Waals surface area contributed by atoms with Crippen molar-refractivity contribution in [3.05, 3.63) is 34.6 Å². The Hall–Kier alpha value is -1.85. The first kappa shape index (κ1) is 18.0. The van der Waals surface area contributed by atoms with Crippen molar-refractivity contribution < 1.29 is 27.5 Å². The minimum atomic E-state index is -4.43. The molecule has 0 heterocycles. The normalized spacial score (nSPS) is 29.1. The molecule has 0 bridgehead atoms. The van der Waals surface area contributed by atoms with Gasteiger partial charge >= 0.3 is 6.18 Å². The molecule has 0 saturated heterocycles. The van der Waals surface area contributed by atoms with E-state index >= 15 is 0 Å². The van der Waals surface area contributed by atoms with Crippen molar-refractivity contribution in [2.24, 2.45) is 5.41 Å². The van der Waals surface area contributed by atoms with Crippen molar-refractivity contribution >= 4 is 11.6 Å². The molecule has 3 aliphatic rings. The molecule has 0 aromatic heterocycles. The maximum atomic E-state index is 14.0. The van der Waals surface area contributed by atoms with Gasteiger partial charge in [-0.2, -0.15) is 13.2 Å². The van der Waals surface area contributed by atoms with Gasteiger partial charge in [-0.15, -0.1) is 0 Å². The second-order valence-electron chi connectivity index (χ2n) is 6.90. The molecule has 3 aliphatic carbocycles. The second kappa shape index (κ2) is 6.46. The fourth-order valence-corrected chi connectivity index (χ4v) is 4.16. The van der Waals surface area contributed by atoms with E-state index in [9.17, 15) is 22.8 Å². The lowest BCUT2D eigenvalue weighted by Gasteiger charge is -2.45. The van der Waals surface area contributed by atoms with Crippen LogP contribution in [0, 0.1) is 5.41 Å². The number of ketones is 2. The topological polar surface area (TPSA) is 43.4 Å². The van der Waals surface area contributed by atoms with Crippen LogP contribution in [-0.4, -0.2) is 24.3 Å². The lowest BCUT2D eigenvalue weighted by atomic mass is 9.61. The standard InChI is InChI=1S/C19H21F3O3/c1-12-16(24)5-6-17(12)25-10-8-13-3-2-4-14-11-15(23)7-9-18(13,14)19(20,21)22/h8,11H,2-7,9-10H2,1H3/b13-8+. The minimum Gasteiger partial charge on any atom is -0.493 e. The van der Waals surface area contributed by atoms with E-state index in [2.05, 4.69) is 0 Å². The molecule has 0 amide bonds. The van der Waals surface area contributed by atoms with Crippen molar-refractivity contribution in [1.82, 2.24) is 0 Å². The highest BCUT2D eigenvalue weighted by Gasteiger charge is 2.60. The van der Waals surface area contributed by atoms with E-state index in [-0.39, 0.29) is 36.6 Å². The molecule has 1 atom stereocenters. The molecule has 0 radical (unpaired) electrons. The van der Waals surface area contributed by atoms with E-state index in [1.165, 1.54) is 12.2 Å². The average molecular weight is 354 g/mol. The van der Waals surface area contributed by atoms with Gasteiger partial charge in [-0.3, -0.25) is 9.59 Å². The molecule has 3 rings (SSSR count). The molecular weight excluding hydrogens is 333 g/mol. The van der Waals surface area contributed by atoms with E-state index in [1.807, 2.05) is 0 Å².